The van der Waals surface area contributed by atoms with Gasteiger partial charge in [-0.1, -0.05) is 43.0 Å². The first-order valence-electron chi connectivity index (χ1n) is 6.10. The monoisotopic (exact) mass is 242 g/mol. The van der Waals surface area contributed by atoms with Gasteiger partial charge < -0.3 is 10.2 Å². The van der Waals surface area contributed by atoms with Crippen LogP contribution in [0.25, 0.3) is 10.8 Å². The Bertz CT molecular complexity index is 558. The molecule has 0 unspecified atom stereocenters. The first-order chi connectivity index (χ1) is 8.58. The van der Waals surface area contributed by atoms with Gasteiger partial charge in [0, 0.05) is 6.42 Å². The second-order valence-corrected chi connectivity index (χ2v) is 4.66. The molecule has 2 nitrogen and oxygen atoms in total. The molecular formula is C16H18O2. The van der Waals surface area contributed by atoms with Crippen molar-refractivity contribution in [3.05, 3.63) is 60.2 Å². The number of benzene rings is 2. The number of hydrogen-bond donors (Lipinski definition) is 2. The lowest BCUT2D eigenvalue weighted by atomic mass is 9.97. The Morgan fingerprint density at radius 3 is 2.44 bits per heavy atom. The van der Waals surface area contributed by atoms with Crippen molar-refractivity contribution in [1.82, 2.24) is 0 Å². The van der Waals surface area contributed by atoms with Crippen LogP contribution in [0.2, 0.25) is 0 Å². The van der Waals surface area contributed by atoms with Crippen molar-refractivity contribution in [2.45, 2.75) is 25.6 Å². The molecule has 0 heterocycles. The Morgan fingerprint density at radius 1 is 1.11 bits per heavy atom. The molecule has 0 aromatic heterocycles. The number of hydrogen-bond acceptors (Lipinski definition) is 2. The van der Waals surface area contributed by atoms with E-state index in [9.17, 15) is 10.2 Å². The van der Waals surface area contributed by atoms with E-state index in [0.717, 1.165) is 16.3 Å². The van der Waals surface area contributed by atoms with Gasteiger partial charge in [-0.2, -0.15) is 0 Å². The van der Waals surface area contributed by atoms with E-state index in [-0.39, 0.29) is 0 Å². The van der Waals surface area contributed by atoms with Gasteiger partial charge in [0.2, 0.25) is 0 Å². The summed E-state index contributed by atoms with van der Waals surface area (Å²) in [6.45, 7) is 5.43. The minimum Gasteiger partial charge on any atom is -0.389 e. The third-order valence-electron chi connectivity index (χ3n) is 3.20. The lowest BCUT2D eigenvalue weighted by Gasteiger charge is -2.15. The summed E-state index contributed by atoms with van der Waals surface area (Å²) in [5, 5.41) is 21.8. The Morgan fingerprint density at radius 2 is 1.78 bits per heavy atom. The maximum atomic E-state index is 10.1. The zero-order chi connectivity index (χ0) is 13.1. The molecule has 0 bridgehead atoms. The van der Waals surface area contributed by atoms with Crippen molar-refractivity contribution in [2.24, 2.45) is 0 Å². The SMILES string of the molecule is C=C(C[C@H](O)c1ccc2ccccc2c1)[C@H](C)O. The molecule has 0 radical (unpaired) electrons. The molecule has 18 heavy (non-hydrogen) atoms. The molecule has 0 aliphatic carbocycles. The largest absolute Gasteiger partial charge is 0.389 e. The number of aliphatic hydroxyl groups is 2. The van der Waals surface area contributed by atoms with Gasteiger partial charge in [-0.15, -0.1) is 0 Å². The van der Waals surface area contributed by atoms with Crippen LogP contribution < -0.4 is 0 Å². The van der Waals surface area contributed by atoms with Crippen LogP contribution in [0.5, 0.6) is 0 Å². The third-order valence-corrected chi connectivity index (χ3v) is 3.20. The molecule has 2 aromatic carbocycles. The summed E-state index contributed by atoms with van der Waals surface area (Å²) >= 11 is 0. The van der Waals surface area contributed by atoms with Gasteiger partial charge in [0.25, 0.3) is 0 Å². The summed E-state index contributed by atoms with van der Waals surface area (Å²) in [7, 11) is 0. The highest BCUT2D eigenvalue weighted by molar-refractivity contribution is 5.83. The zero-order valence-corrected chi connectivity index (χ0v) is 10.5. The van der Waals surface area contributed by atoms with Crippen molar-refractivity contribution >= 4 is 10.8 Å². The first-order valence-corrected chi connectivity index (χ1v) is 6.10. The van der Waals surface area contributed by atoms with Crippen molar-refractivity contribution in [1.29, 1.82) is 0 Å². The second kappa shape index (κ2) is 5.34. The average molecular weight is 242 g/mol. The van der Waals surface area contributed by atoms with Gasteiger partial charge in [0.15, 0.2) is 0 Å². The normalized spacial score (nSPS) is 14.4. The molecule has 94 valence electrons. The molecule has 0 saturated carbocycles. The average Bonchev–Trinajstić information content (AvgIpc) is 2.37. The fourth-order valence-corrected chi connectivity index (χ4v) is 1.95. The molecule has 2 aromatic rings. The molecule has 0 aliphatic rings. The Kier molecular flexibility index (Phi) is 3.80. The van der Waals surface area contributed by atoms with Gasteiger partial charge in [0.1, 0.15) is 0 Å². The van der Waals surface area contributed by atoms with E-state index >= 15 is 0 Å². The lowest BCUT2D eigenvalue weighted by Crippen LogP contribution is -2.08. The molecule has 2 N–H and O–H groups in total. The molecule has 2 rings (SSSR count). The second-order valence-electron chi connectivity index (χ2n) is 4.66. The standard InChI is InChI=1S/C16H18O2/c1-11(12(2)17)9-16(18)15-8-7-13-5-3-4-6-14(13)10-15/h3-8,10,12,16-18H,1,9H2,2H3/t12-,16-/m0/s1. The summed E-state index contributed by atoms with van der Waals surface area (Å²) in [6, 6.07) is 13.9. The highest BCUT2D eigenvalue weighted by Gasteiger charge is 2.12. The molecule has 0 saturated heterocycles. The van der Waals surface area contributed by atoms with E-state index in [1.807, 2.05) is 42.5 Å². The molecule has 0 spiro atoms. The Hall–Kier alpha value is -1.64. The molecule has 2 heteroatoms. The maximum absolute atomic E-state index is 10.1. The van der Waals surface area contributed by atoms with E-state index in [4.69, 9.17) is 0 Å². The highest BCUT2D eigenvalue weighted by atomic mass is 16.3. The molecule has 0 amide bonds. The fraction of sp³-hybridized carbons (Fsp3) is 0.250. The van der Waals surface area contributed by atoms with Crippen LogP contribution in [0, 0.1) is 0 Å². The first kappa shape index (κ1) is 12.8. The molecule has 2 atom stereocenters. The summed E-state index contributed by atoms with van der Waals surface area (Å²) in [5.41, 5.74) is 1.51. The fourth-order valence-electron chi connectivity index (χ4n) is 1.95. The van der Waals surface area contributed by atoms with E-state index in [0.29, 0.717) is 12.0 Å². The van der Waals surface area contributed by atoms with E-state index in [2.05, 4.69) is 6.58 Å². The maximum Gasteiger partial charge on any atom is 0.0828 e. The van der Waals surface area contributed by atoms with Crippen LogP contribution in [0.1, 0.15) is 25.0 Å². The minimum atomic E-state index is -0.614. The highest BCUT2D eigenvalue weighted by Crippen LogP contribution is 2.25. The van der Waals surface area contributed by atoms with Crippen LogP contribution in [0.3, 0.4) is 0 Å². The summed E-state index contributed by atoms with van der Waals surface area (Å²) < 4.78 is 0. The number of fused-ring (bicyclic) bond motifs is 1. The predicted molar refractivity (Wildman–Crippen MR) is 74.3 cm³/mol. The third kappa shape index (κ3) is 2.78. The topological polar surface area (TPSA) is 40.5 Å². The van der Waals surface area contributed by atoms with E-state index < -0.39 is 12.2 Å². The Labute approximate surface area is 107 Å². The Balaban J connectivity index is 2.22. The van der Waals surface area contributed by atoms with Gasteiger partial charge >= 0.3 is 0 Å². The van der Waals surface area contributed by atoms with Gasteiger partial charge in [-0.05, 0) is 34.9 Å². The summed E-state index contributed by atoms with van der Waals surface area (Å²) in [4.78, 5) is 0. The van der Waals surface area contributed by atoms with Crippen LogP contribution >= 0.6 is 0 Å². The van der Waals surface area contributed by atoms with Gasteiger partial charge in [0.05, 0.1) is 12.2 Å². The van der Waals surface area contributed by atoms with Crippen LogP contribution in [-0.2, 0) is 0 Å². The van der Waals surface area contributed by atoms with Crippen molar-refractivity contribution in [3.8, 4) is 0 Å². The quantitative estimate of drug-likeness (QED) is 0.808. The van der Waals surface area contributed by atoms with Crippen molar-refractivity contribution in [3.63, 3.8) is 0 Å². The lowest BCUT2D eigenvalue weighted by molar-refractivity contribution is 0.159. The smallest absolute Gasteiger partial charge is 0.0828 e. The number of rotatable bonds is 4. The number of aliphatic hydroxyl groups excluding tert-OH is 2. The summed E-state index contributed by atoms with van der Waals surface area (Å²) in [6.07, 6.45) is -0.812. The van der Waals surface area contributed by atoms with Crippen molar-refractivity contribution < 1.29 is 10.2 Å². The van der Waals surface area contributed by atoms with Crippen LogP contribution in [-0.4, -0.2) is 16.3 Å². The summed E-state index contributed by atoms with van der Waals surface area (Å²) in [5.74, 6) is 0. The molecular weight excluding hydrogens is 224 g/mol. The molecule has 0 aliphatic heterocycles. The van der Waals surface area contributed by atoms with Crippen molar-refractivity contribution in [2.75, 3.05) is 0 Å². The van der Waals surface area contributed by atoms with Crippen LogP contribution in [0.4, 0.5) is 0 Å². The van der Waals surface area contributed by atoms with Gasteiger partial charge in [-0.25, -0.2) is 0 Å². The van der Waals surface area contributed by atoms with E-state index in [1.54, 1.807) is 6.92 Å². The molecule has 0 fully saturated rings. The van der Waals surface area contributed by atoms with E-state index in [1.165, 1.54) is 0 Å². The zero-order valence-electron chi connectivity index (χ0n) is 10.5. The minimum absolute atomic E-state index is 0.385. The predicted octanol–water partition coefficient (Wildman–Crippen LogP) is 3.20. The van der Waals surface area contributed by atoms with Crippen LogP contribution in [0.15, 0.2) is 54.6 Å². The van der Waals surface area contributed by atoms with Gasteiger partial charge in [-0.3, -0.25) is 0 Å².